The van der Waals surface area contributed by atoms with Crippen molar-refractivity contribution in [2.45, 2.75) is 25.8 Å². The molecule has 1 aliphatic rings. The molecular formula is C15H15N3O2. The lowest BCUT2D eigenvalue weighted by Crippen LogP contribution is -2.42. The minimum Gasteiger partial charge on any atom is -0.313 e. The van der Waals surface area contributed by atoms with E-state index in [1.165, 1.54) is 0 Å². The van der Waals surface area contributed by atoms with Gasteiger partial charge in [-0.3, -0.25) is 14.9 Å². The molecule has 0 aliphatic carbocycles. The Bertz CT molecular complexity index is 730. The maximum Gasteiger partial charge on any atom is 0.249 e. The van der Waals surface area contributed by atoms with Gasteiger partial charge in [-0.2, -0.15) is 0 Å². The Morgan fingerprint density at radius 1 is 1.50 bits per heavy atom. The molecule has 5 heteroatoms. The fourth-order valence-corrected chi connectivity index (χ4v) is 2.81. The molecule has 2 amide bonds. The van der Waals surface area contributed by atoms with Gasteiger partial charge < -0.3 is 4.57 Å². The largest absolute Gasteiger partial charge is 0.313 e. The number of hydrogen-bond donors (Lipinski definition) is 1. The van der Waals surface area contributed by atoms with E-state index in [0.29, 0.717) is 12.8 Å². The van der Waals surface area contributed by atoms with E-state index in [2.05, 4.69) is 16.9 Å². The molecule has 0 aromatic carbocycles. The van der Waals surface area contributed by atoms with Crippen LogP contribution in [0.15, 0.2) is 24.9 Å². The second-order valence-corrected chi connectivity index (χ2v) is 4.93. The number of nitrogens with zero attached hydrogens (tertiary/aromatic N) is 2. The number of hydrogen-bond acceptors (Lipinski definition) is 3. The van der Waals surface area contributed by atoms with Gasteiger partial charge in [0.1, 0.15) is 11.7 Å². The molecule has 1 aliphatic heterocycles. The molecule has 20 heavy (non-hydrogen) atoms. The predicted molar refractivity (Wildman–Crippen MR) is 76.0 cm³/mol. The highest BCUT2D eigenvalue weighted by molar-refractivity contribution is 6.00. The van der Waals surface area contributed by atoms with Crippen LogP contribution in [0.4, 0.5) is 0 Å². The van der Waals surface area contributed by atoms with E-state index < -0.39 is 6.04 Å². The van der Waals surface area contributed by atoms with E-state index in [4.69, 9.17) is 0 Å². The van der Waals surface area contributed by atoms with E-state index in [1.807, 2.05) is 23.6 Å². The van der Waals surface area contributed by atoms with Crippen LogP contribution in [0.2, 0.25) is 0 Å². The lowest BCUT2D eigenvalue weighted by Gasteiger charge is -2.24. The van der Waals surface area contributed by atoms with Crippen LogP contribution < -0.4 is 5.32 Å². The molecule has 2 aromatic rings. The summed E-state index contributed by atoms with van der Waals surface area (Å²) in [6, 6.07) is 3.44. The van der Waals surface area contributed by atoms with Crippen LogP contribution in [-0.2, 0) is 9.59 Å². The van der Waals surface area contributed by atoms with Gasteiger partial charge in [-0.05, 0) is 37.1 Å². The second-order valence-electron chi connectivity index (χ2n) is 4.93. The van der Waals surface area contributed by atoms with Gasteiger partial charge in [0.05, 0.1) is 0 Å². The molecular weight excluding hydrogens is 254 g/mol. The van der Waals surface area contributed by atoms with Gasteiger partial charge in [0, 0.05) is 23.7 Å². The highest BCUT2D eigenvalue weighted by atomic mass is 16.2. The van der Waals surface area contributed by atoms with Crippen LogP contribution in [0.3, 0.4) is 0 Å². The molecule has 0 spiro atoms. The Balaban J connectivity index is 2.22. The van der Waals surface area contributed by atoms with Crippen molar-refractivity contribution < 1.29 is 9.59 Å². The van der Waals surface area contributed by atoms with Crippen LogP contribution in [0.25, 0.3) is 17.1 Å². The number of nitrogens with one attached hydrogen (secondary N) is 1. The van der Waals surface area contributed by atoms with Gasteiger partial charge in [-0.15, -0.1) is 0 Å². The summed E-state index contributed by atoms with van der Waals surface area (Å²) in [6.45, 7) is 5.82. The average molecular weight is 269 g/mol. The van der Waals surface area contributed by atoms with Gasteiger partial charge in [0.25, 0.3) is 0 Å². The van der Waals surface area contributed by atoms with Gasteiger partial charge in [-0.25, -0.2) is 4.98 Å². The molecule has 3 rings (SSSR count). The third-order valence-electron chi connectivity index (χ3n) is 3.78. The van der Waals surface area contributed by atoms with Gasteiger partial charge in [-0.1, -0.05) is 6.58 Å². The number of amides is 2. The summed E-state index contributed by atoms with van der Waals surface area (Å²) in [7, 11) is 0. The topological polar surface area (TPSA) is 64.0 Å². The Labute approximate surface area is 116 Å². The highest BCUT2D eigenvalue weighted by Gasteiger charge is 2.31. The zero-order valence-electron chi connectivity index (χ0n) is 11.2. The van der Waals surface area contributed by atoms with Gasteiger partial charge in [0.15, 0.2) is 0 Å². The van der Waals surface area contributed by atoms with E-state index in [0.717, 1.165) is 22.3 Å². The third-order valence-corrected chi connectivity index (χ3v) is 3.78. The first-order valence-electron chi connectivity index (χ1n) is 6.55. The molecule has 0 saturated carbocycles. The maximum atomic E-state index is 12.1. The summed E-state index contributed by atoms with van der Waals surface area (Å²) in [5.74, 6) is -0.487. The quantitative estimate of drug-likeness (QED) is 0.848. The lowest BCUT2D eigenvalue weighted by molar-refractivity contribution is -0.135. The zero-order valence-corrected chi connectivity index (χ0v) is 11.2. The standard InChI is InChI=1S/C15H15N3O2/c1-3-11-9(2)10-5-4-8-16-14(10)18(11)12-6-7-13(19)17-15(12)20/h3-5,8,12H,1,6-7H2,2H3,(H,17,19,20). The Hall–Kier alpha value is -2.43. The van der Waals surface area contributed by atoms with Crippen LogP contribution >= 0.6 is 0 Å². The molecule has 1 unspecified atom stereocenters. The molecule has 1 saturated heterocycles. The number of carbonyl (C=O) groups excluding carboxylic acids is 2. The summed E-state index contributed by atoms with van der Waals surface area (Å²) < 4.78 is 1.89. The summed E-state index contributed by atoms with van der Waals surface area (Å²) in [6.07, 6.45) is 4.28. The highest BCUT2D eigenvalue weighted by Crippen LogP contribution is 2.31. The summed E-state index contributed by atoms with van der Waals surface area (Å²) in [5.41, 5.74) is 2.69. The Kier molecular flexibility index (Phi) is 2.89. The normalized spacial score (nSPS) is 19.1. The molecule has 1 N–H and O–H groups in total. The molecule has 5 nitrogen and oxygen atoms in total. The predicted octanol–water partition coefficient (Wildman–Crippen LogP) is 1.97. The SMILES string of the molecule is C=Cc1c(C)c2cccnc2n1C1CCC(=O)NC1=O. The van der Waals surface area contributed by atoms with Crippen molar-refractivity contribution >= 4 is 28.9 Å². The van der Waals surface area contributed by atoms with Crippen molar-refractivity contribution in [2.24, 2.45) is 0 Å². The first-order valence-corrected chi connectivity index (χ1v) is 6.55. The second kappa shape index (κ2) is 4.59. The minimum absolute atomic E-state index is 0.215. The molecule has 2 aromatic heterocycles. The van der Waals surface area contributed by atoms with E-state index in [1.54, 1.807) is 12.3 Å². The summed E-state index contributed by atoms with van der Waals surface area (Å²) in [5, 5.41) is 3.40. The van der Waals surface area contributed by atoms with Crippen LogP contribution in [0, 0.1) is 6.92 Å². The maximum absolute atomic E-state index is 12.1. The molecule has 3 heterocycles. The monoisotopic (exact) mass is 269 g/mol. The summed E-state index contributed by atoms with van der Waals surface area (Å²) in [4.78, 5) is 27.8. The molecule has 1 fully saturated rings. The zero-order chi connectivity index (χ0) is 14.3. The number of carbonyl (C=O) groups is 2. The number of imide groups is 1. The minimum atomic E-state index is -0.410. The fraction of sp³-hybridized carbons (Fsp3) is 0.267. The van der Waals surface area contributed by atoms with E-state index in [-0.39, 0.29) is 11.8 Å². The van der Waals surface area contributed by atoms with Crippen LogP contribution in [0.5, 0.6) is 0 Å². The van der Waals surface area contributed by atoms with E-state index >= 15 is 0 Å². The van der Waals surface area contributed by atoms with Crippen molar-refractivity contribution in [3.8, 4) is 0 Å². The van der Waals surface area contributed by atoms with E-state index in [9.17, 15) is 9.59 Å². The molecule has 0 radical (unpaired) electrons. The van der Waals surface area contributed by atoms with Crippen LogP contribution in [0.1, 0.15) is 30.1 Å². The first-order chi connectivity index (χ1) is 9.63. The Morgan fingerprint density at radius 2 is 2.30 bits per heavy atom. The molecule has 0 bridgehead atoms. The number of rotatable bonds is 2. The number of fused-ring (bicyclic) bond motifs is 1. The Morgan fingerprint density at radius 3 is 3.00 bits per heavy atom. The van der Waals surface area contributed by atoms with Crippen molar-refractivity contribution in [2.75, 3.05) is 0 Å². The van der Waals surface area contributed by atoms with Crippen molar-refractivity contribution in [1.82, 2.24) is 14.9 Å². The first kappa shape index (κ1) is 12.6. The number of aromatic nitrogens is 2. The molecule has 1 atom stereocenters. The van der Waals surface area contributed by atoms with Gasteiger partial charge >= 0.3 is 0 Å². The number of aryl methyl sites for hydroxylation is 1. The van der Waals surface area contributed by atoms with Crippen molar-refractivity contribution in [1.29, 1.82) is 0 Å². The smallest absolute Gasteiger partial charge is 0.249 e. The van der Waals surface area contributed by atoms with Crippen LogP contribution in [-0.4, -0.2) is 21.4 Å². The van der Waals surface area contributed by atoms with Gasteiger partial charge in [0.2, 0.25) is 11.8 Å². The third kappa shape index (κ3) is 1.74. The van der Waals surface area contributed by atoms with Crippen molar-refractivity contribution in [3.63, 3.8) is 0 Å². The fourth-order valence-electron chi connectivity index (χ4n) is 2.81. The summed E-state index contributed by atoms with van der Waals surface area (Å²) >= 11 is 0. The molecule has 102 valence electrons. The average Bonchev–Trinajstić information content (AvgIpc) is 2.72. The van der Waals surface area contributed by atoms with Crippen molar-refractivity contribution in [3.05, 3.63) is 36.2 Å². The lowest BCUT2D eigenvalue weighted by atomic mass is 10.1. The number of piperidine rings is 1. The number of pyridine rings is 1.